The van der Waals surface area contributed by atoms with Gasteiger partial charge in [-0.1, -0.05) is 5.75 Å². The lowest BCUT2D eigenvalue weighted by molar-refractivity contribution is -0.267. The van der Waals surface area contributed by atoms with Crippen molar-refractivity contribution >= 4 is 28.3 Å². The molecule has 2 aromatic carbocycles. The number of aromatic carboxylic acids is 1. The number of hydrogen-bond donors (Lipinski definition) is 1. The summed E-state index contributed by atoms with van der Waals surface area (Å²) in [4.78, 5) is 22.1. The highest BCUT2D eigenvalue weighted by molar-refractivity contribution is 5.88. The Morgan fingerprint density at radius 2 is 1.83 bits per heavy atom. The smallest absolute Gasteiger partial charge is 0.336 e. The second kappa shape index (κ2) is 5.96. The number of aryl methyl sites for hydroxylation is 1. The van der Waals surface area contributed by atoms with Gasteiger partial charge in [0.1, 0.15) is 5.58 Å². The van der Waals surface area contributed by atoms with E-state index in [4.69, 9.17) is 9.52 Å². The van der Waals surface area contributed by atoms with Gasteiger partial charge < -0.3 is 14.6 Å². The average molecular weight is 323 g/mol. The highest BCUT2D eigenvalue weighted by Crippen LogP contribution is 2.31. The summed E-state index contributed by atoms with van der Waals surface area (Å²) < 4.78 is 4.99. The van der Waals surface area contributed by atoms with Gasteiger partial charge in [-0.2, -0.15) is 10.2 Å². The van der Waals surface area contributed by atoms with Gasteiger partial charge in [-0.15, -0.1) is 0 Å². The Bertz CT molecular complexity index is 1020. The van der Waals surface area contributed by atoms with Crippen LogP contribution in [-0.4, -0.2) is 11.1 Å². The van der Waals surface area contributed by atoms with Crippen LogP contribution in [0.15, 0.2) is 61.9 Å². The lowest BCUT2D eigenvalue weighted by Crippen LogP contribution is -1.99. The van der Waals surface area contributed by atoms with E-state index < -0.39 is 17.3 Å². The number of azo groups is 1. The van der Waals surface area contributed by atoms with Crippen LogP contribution in [0.4, 0.5) is 11.4 Å². The first kappa shape index (κ1) is 15.4. The molecule has 1 aromatic heterocycles. The van der Waals surface area contributed by atoms with Gasteiger partial charge in [-0.25, -0.2) is 9.59 Å². The molecule has 120 valence electrons. The molecule has 0 saturated heterocycles. The fourth-order valence-electron chi connectivity index (χ4n) is 2.20. The molecule has 7 nitrogen and oxygen atoms in total. The van der Waals surface area contributed by atoms with E-state index in [1.165, 1.54) is 42.5 Å². The molecule has 0 spiro atoms. The summed E-state index contributed by atoms with van der Waals surface area (Å²) >= 11 is 0. The van der Waals surface area contributed by atoms with Gasteiger partial charge in [-0.05, 0) is 48.9 Å². The fourth-order valence-corrected chi connectivity index (χ4v) is 2.20. The number of benzene rings is 2. The predicted molar refractivity (Wildman–Crippen MR) is 84.2 cm³/mol. The fraction of sp³-hybridized carbons (Fsp3) is 0.0588. The first-order chi connectivity index (χ1) is 11.4. The highest BCUT2D eigenvalue weighted by atomic mass is 16.4. The normalized spacial score (nSPS) is 11.2. The number of nitrogens with zero attached hydrogens (tertiary/aromatic N) is 2. The van der Waals surface area contributed by atoms with E-state index in [9.17, 15) is 14.7 Å². The molecule has 1 N–H and O–H groups in total. The molecule has 0 bridgehead atoms. The minimum atomic E-state index is -1.04. The van der Waals surface area contributed by atoms with E-state index >= 15 is 0 Å². The zero-order valence-corrected chi connectivity index (χ0v) is 12.5. The topological polar surface area (TPSA) is 115 Å². The molecule has 0 amide bonds. The predicted octanol–water partition coefficient (Wildman–Crippen LogP) is 3.29. The van der Waals surface area contributed by atoms with Crippen LogP contribution in [0.1, 0.15) is 15.9 Å². The Balaban J connectivity index is 1.98. The maximum absolute atomic E-state index is 12.0. The second-order valence-electron chi connectivity index (χ2n) is 5.12. The molecular formula is C17H11N2O5-. The number of carboxylic acids is 1. The maximum Gasteiger partial charge on any atom is 0.336 e. The third-order valence-electron chi connectivity index (χ3n) is 3.42. The van der Waals surface area contributed by atoms with Crippen LogP contribution in [0.25, 0.3) is 11.0 Å². The third kappa shape index (κ3) is 3.00. The molecule has 24 heavy (non-hydrogen) atoms. The van der Waals surface area contributed by atoms with Crippen molar-refractivity contribution in [2.45, 2.75) is 6.92 Å². The van der Waals surface area contributed by atoms with Crippen LogP contribution < -0.4 is 10.7 Å². The third-order valence-corrected chi connectivity index (χ3v) is 3.42. The Hall–Kier alpha value is -3.48. The minimum absolute atomic E-state index is 0.0989. The standard InChI is InChI=1S/C17H12N2O5/c1-9-6-16(21)24-15-8-14(20)13(7-12(9)15)19-18-11-4-2-10(3-5-11)17(22)23/h2-8,20H,1H3,(H,22,23)/p-1. The van der Waals surface area contributed by atoms with E-state index in [0.717, 1.165) is 0 Å². The summed E-state index contributed by atoms with van der Waals surface area (Å²) in [5.74, 6) is -1.46. The molecule has 0 atom stereocenters. The van der Waals surface area contributed by atoms with Gasteiger partial charge in [0.15, 0.2) is 0 Å². The van der Waals surface area contributed by atoms with Gasteiger partial charge in [0, 0.05) is 11.5 Å². The van der Waals surface area contributed by atoms with Gasteiger partial charge in [0.2, 0.25) is 0 Å². The zero-order chi connectivity index (χ0) is 17.3. The minimum Gasteiger partial charge on any atom is -0.871 e. The molecule has 0 aliphatic heterocycles. The second-order valence-corrected chi connectivity index (χ2v) is 5.12. The molecule has 3 rings (SSSR count). The van der Waals surface area contributed by atoms with Crippen molar-refractivity contribution in [3.8, 4) is 5.75 Å². The number of rotatable bonds is 3. The first-order valence-corrected chi connectivity index (χ1v) is 6.94. The quantitative estimate of drug-likeness (QED) is 0.586. The number of fused-ring (bicyclic) bond motifs is 1. The van der Waals surface area contributed by atoms with Crippen molar-refractivity contribution in [1.82, 2.24) is 0 Å². The number of carbonyl (C=O) groups is 1. The molecule has 0 saturated carbocycles. The van der Waals surface area contributed by atoms with Gasteiger partial charge in [0.05, 0.1) is 16.9 Å². The zero-order valence-electron chi connectivity index (χ0n) is 12.5. The lowest BCUT2D eigenvalue weighted by atomic mass is 10.1. The maximum atomic E-state index is 12.0. The van der Waals surface area contributed by atoms with Gasteiger partial charge in [0.25, 0.3) is 0 Å². The molecule has 1 heterocycles. The van der Waals surface area contributed by atoms with Crippen LogP contribution in [0.3, 0.4) is 0 Å². The molecule has 0 aliphatic carbocycles. The molecule has 0 aliphatic rings. The highest BCUT2D eigenvalue weighted by Gasteiger charge is 2.05. The van der Waals surface area contributed by atoms with E-state index in [0.29, 0.717) is 16.6 Å². The van der Waals surface area contributed by atoms with Crippen LogP contribution in [0.2, 0.25) is 0 Å². The summed E-state index contributed by atoms with van der Waals surface area (Å²) in [5, 5.41) is 29.3. The van der Waals surface area contributed by atoms with Crippen molar-refractivity contribution in [2.24, 2.45) is 10.2 Å². The Morgan fingerprint density at radius 3 is 2.50 bits per heavy atom. The summed E-state index contributed by atoms with van der Waals surface area (Å²) in [5.41, 5.74) is 0.998. The van der Waals surface area contributed by atoms with Crippen molar-refractivity contribution in [3.05, 3.63) is 64.0 Å². The SMILES string of the molecule is Cc1cc(=O)oc2cc([O-])c(N=Nc3ccc(C(=O)O)cc3)cc12. The van der Waals surface area contributed by atoms with E-state index in [2.05, 4.69) is 10.2 Å². The molecule has 0 fully saturated rings. The van der Waals surface area contributed by atoms with Gasteiger partial charge >= 0.3 is 11.6 Å². The first-order valence-electron chi connectivity index (χ1n) is 6.94. The van der Waals surface area contributed by atoms with Crippen molar-refractivity contribution in [1.29, 1.82) is 0 Å². The molecule has 0 unspecified atom stereocenters. The Morgan fingerprint density at radius 1 is 1.12 bits per heavy atom. The molecule has 3 aromatic rings. The summed E-state index contributed by atoms with van der Waals surface area (Å²) in [7, 11) is 0. The summed E-state index contributed by atoms with van der Waals surface area (Å²) in [6.45, 7) is 1.73. The monoisotopic (exact) mass is 323 g/mol. The average Bonchev–Trinajstić information content (AvgIpc) is 2.53. The number of carboxylic acid groups (broad SMARTS) is 1. The summed E-state index contributed by atoms with van der Waals surface area (Å²) in [6.07, 6.45) is 0. The Labute approximate surface area is 135 Å². The van der Waals surface area contributed by atoms with Crippen molar-refractivity contribution < 1.29 is 19.4 Å². The van der Waals surface area contributed by atoms with Crippen LogP contribution in [-0.2, 0) is 0 Å². The van der Waals surface area contributed by atoms with Crippen LogP contribution in [0.5, 0.6) is 5.75 Å². The van der Waals surface area contributed by atoms with E-state index in [1.807, 2.05) is 0 Å². The summed E-state index contributed by atoms with van der Waals surface area (Å²) in [6, 6.07) is 9.81. The largest absolute Gasteiger partial charge is 0.871 e. The van der Waals surface area contributed by atoms with Crippen LogP contribution >= 0.6 is 0 Å². The van der Waals surface area contributed by atoms with Crippen molar-refractivity contribution in [2.75, 3.05) is 0 Å². The Kier molecular flexibility index (Phi) is 3.83. The number of hydrogen-bond acceptors (Lipinski definition) is 6. The van der Waals surface area contributed by atoms with E-state index in [-0.39, 0.29) is 16.8 Å². The van der Waals surface area contributed by atoms with Crippen molar-refractivity contribution in [3.63, 3.8) is 0 Å². The van der Waals surface area contributed by atoms with Crippen LogP contribution in [0, 0.1) is 6.92 Å². The van der Waals surface area contributed by atoms with Gasteiger partial charge in [-0.3, -0.25) is 0 Å². The molecule has 0 radical (unpaired) electrons. The lowest BCUT2D eigenvalue weighted by Gasteiger charge is -2.10. The molecular weight excluding hydrogens is 312 g/mol. The van der Waals surface area contributed by atoms with E-state index in [1.54, 1.807) is 6.92 Å². The molecule has 7 heteroatoms.